The molecule has 90 valence electrons. The molecule has 0 bridgehead atoms. The minimum absolute atomic E-state index is 0.0554. The molecule has 16 heavy (non-hydrogen) atoms. The second-order valence-electron chi connectivity index (χ2n) is 3.22. The highest BCUT2D eigenvalue weighted by atomic mass is 35.5. The Kier molecular flexibility index (Phi) is 5.92. The van der Waals surface area contributed by atoms with Gasteiger partial charge in [-0.25, -0.2) is 4.98 Å². The fourth-order valence-corrected chi connectivity index (χ4v) is 1.38. The Morgan fingerprint density at radius 1 is 1.44 bits per heavy atom. The van der Waals surface area contributed by atoms with Gasteiger partial charge in [-0.05, 0) is 12.5 Å². The van der Waals surface area contributed by atoms with Crippen molar-refractivity contribution in [3.05, 3.63) is 17.3 Å². The monoisotopic (exact) mass is 245 g/mol. The zero-order chi connectivity index (χ0) is 11.8. The van der Waals surface area contributed by atoms with Crippen LogP contribution in [0.4, 0.5) is 11.5 Å². The summed E-state index contributed by atoms with van der Waals surface area (Å²) in [7, 11) is 0. The molecule has 1 aromatic rings. The Labute approximate surface area is 99.6 Å². The molecule has 0 radical (unpaired) electrons. The smallest absolute Gasteiger partial charge is 0.133 e. The first-order chi connectivity index (χ1) is 7.72. The average Bonchev–Trinajstić information content (AvgIpc) is 2.22. The molecule has 1 heterocycles. The molecule has 0 unspecified atom stereocenters. The van der Waals surface area contributed by atoms with Crippen LogP contribution in [0.25, 0.3) is 0 Å². The molecule has 6 heteroatoms. The van der Waals surface area contributed by atoms with Gasteiger partial charge in [0.05, 0.1) is 13.2 Å². The van der Waals surface area contributed by atoms with Gasteiger partial charge in [-0.15, -0.1) is 0 Å². The van der Waals surface area contributed by atoms with Crippen molar-refractivity contribution < 1.29 is 9.84 Å². The topological polar surface area (TPSA) is 80.4 Å². The molecule has 1 aromatic heterocycles. The lowest BCUT2D eigenvalue weighted by atomic mass is 10.4. The summed E-state index contributed by atoms with van der Waals surface area (Å²) in [5.41, 5.74) is 6.19. The summed E-state index contributed by atoms with van der Waals surface area (Å²) < 4.78 is 5.11. The van der Waals surface area contributed by atoms with Crippen molar-refractivity contribution in [3.8, 4) is 0 Å². The van der Waals surface area contributed by atoms with Crippen LogP contribution in [0.15, 0.2) is 12.1 Å². The molecule has 0 aromatic carbocycles. The van der Waals surface area contributed by atoms with E-state index in [4.69, 9.17) is 27.2 Å². The van der Waals surface area contributed by atoms with Crippen LogP contribution in [-0.4, -0.2) is 36.5 Å². The normalized spacial score (nSPS) is 10.4. The standard InChI is InChI=1S/C10H16ClN3O2/c11-9-6-8(12)7-10(14-9)13-2-1-4-16-5-3-15/h6-7,15H,1-5H2,(H3,12,13,14). The first-order valence-electron chi connectivity index (χ1n) is 5.08. The minimum atomic E-state index is 0.0554. The van der Waals surface area contributed by atoms with Crippen LogP contribution in [0.1, 0.15) is 6.42 Å². The zero-order valence-electron chi connectivity index (χ0n) is 8.95. The van der Waals surface area contributed by atoms with E-state index >= 15 is 0 Å². The highest BCUT2D eigenvalue weighted by Gasteiger charge is 1.98. The van der Waals surface area contributed by atoms with Gasteiger partial charge < -0.3 is 20.9 Å². The molecular formula is C10H16ClN3O2. The van der Waals surface area contributed by atoms with Gasteiger partial charge in [0.15, 0.2) is 0 Å². The predicted octanol–water partition coefficient (Wildman–Crippen LogP) is 1.13. The largest absolute Gasteiger partial charge is 0.399 e. The van der Waals surface area contributed by atoms with E-state index in [2.05, 4.69) is 10.3 Å². The molecule has 0 aliphatic heterocycles. The van der Waals surface area contributed by atoms with Crippen LogP contribution < -0.4 is 11.1 Å². The van der Waals surface area contributed by atoms with Crippen LogP contribution in [0, 0.1) is 0 Å². The van der Waals surface area contributed by atoms with E-state index in [0.29, 0.717) is 29.9 Å². The third-order valence-corrected chi connectivity index (χ3v) is 2.02. The van der Waals surface area contributed by atoms with E-state index in [0.717, 1.165) is 13.0 Å². The molecule has 0 amide bonds. The maximum Gasteiger partial charge on any atom is 0.133 e. The fourth-order valence-electron chi connectivity index (χ4n) is 1.16. The number of aromatic nitrogens is 1. The number of hydrogen-bond donors (Lipinski definition) is 3. The lowest BCUT2D eigenvalue weighted by Gasteiger charge is -2.07. The summed E-state index contributed by atoms with van der Waals surface area (Å²) in [5, 5.41) is 11.9. The third kappa shape index (κ3) is 5.16. The van der Waals surface area contributed by atoms with Gasteiger partial charge >= 0.3 is 0 Å². The quantitative estimate of drug-likeness (QED) is 0.496. The first kappa shape index (κ1) is 13.0. The minimum Gasteiger partial charge on any atom is -0.399 e. The summed E-state index contributed by atoms with van der Waals surface area (Å²) in [6.07, 6.45) is 0.827. The van der Waals surface area contributed by atoms with Crippen LogP contribution in [-0.2, 0) is 4.74 Å². The van der Waals surface area contributed by atoms with Crippen LogP contribution in [0.2, 0.25) is 5.15 Å². The lowest BCUT2D eigenvalue weighted by molar-refractivity contribution is 0.0922. The predicted molar refractivity (Wildman–Crippen MR) is 64.7 cm³/mol. The Bertz CT molecular complexity index is 303. The SMILES string of the molecule is Nc1cc(Cl)nc(NCCCOCCO)c1. The number of nitrogens with one attached hydrogen (secondary N) is 1. The highest BCUT2D eigenvalue weighted by molar-refractivity contribution is 6.29. The number of pyridine rings is 1. The summed E-state index contributed by atoms with van der Waals surface area (Å²) in [6.45, 7) is 1.75. The van der Waals surface area contributed by atoms with E-state index in [-0.39, 0.29) is 6.61 Å². The Morgan fingerprint density at radius 2 is 2.25 bits per heavy atom. The Hall–Kier alpha value is -1.04. The van der Waals surface area contributed by atoms with E-state index in [9.17, 15) is 0 Å². The Morgan fingerprint density at radius 3 is 2.94 bits per heavy atom. The van der Waals surface area contributed by atoms with E-state index in [1.54, 1.807) is 12.1 Å². The zero-order valence-corrected chi connectivity index (χ0v) is 9.70. The van der Waals surface area contributed by atoms with Gasteiger partial charge in [0, 0.05) is 24.9 Å². The number of aliphatic hydroxyl groups excluding tert-OH is 1. The second-order valence-corrected chi connectivity index (χ2v) is 3.61. The van der Waals surface area contributed by atoms with Crippen molar-refractivity contribution in [2.45, 2.75) is 6.42 Å². The number of anilines is 2. The van der Waals surface area contributed by atoms with Gasteiger partial charge in [-0.2, -0.15) is 0 Å². The number of aliphatic hydroxyl groups is 1. The van der Waals surface area contributed by atoms with E-state index < -0.39 is 0 Å². The average molecular weight is 246 g/mol. The van der Waals surface area contributed by atoms with Crippen LogP contribution >= 0.6 is 11.6 Å². The fraction of sp³-hybridized carbons (Fsp3) is 0.500. The lowest BCUT2D eigenvalue weighted by Crippen LogP contribution is -2.08. The summed E-state index contributed by atoms with van der Waals surface area (Å²) in [5.74, 6) is 0.659. The van der Waals surface area contributed by atoms with Crippen molar-refractivity contribution >= 4 is 23.1 Å². The number of nitrogens with two attached hydrogens (primary N) is 1. The van der Waals surface area contributed by atoms with Crippen LogP contribution in [0.5, 0.6) is 0 Å². The van der Waals surface area contributed by atoms with Crippen molar-refractivity contribution in [2.75, 3.05) is 37.4 Å². The summed E-state index contributed by atoms with van der Waals surface area (Å²) in [6, 6.07) is 3.32. The first-order valence-corrected chi connectivity index (χ1v) is 5.45. The molecule has 4 N–H and O–H groups in total. The number of nitrogens with zero attached hydrogens (tertiary/aromatic N) is 1. The van der Waals surface area contributed by atoms with Crippen molar-refractivity contribution in [1.82, 2.24) is 4.98 Å². The second kappa shape index (κ2) is 7.27. The van der Waals surface area contributed by atoms with Gasteiger partial charge in [-0.1, -0.05) is 11.6 Å². The van der Waals surface area contributed by atoms with Gasteiger partial charge in [0.1, 0.15) is 11.0 Å². The summed E-state index contributed by atoms with van der Waals surface area (Å²) in [4.78, 5) is 4.06. The molecule has 0 saturated carbocycles. The molecule has 0 fully saturated rings. The molecule has 0 spiro atoms. The van der Waals surface area contributed by atoms with Gasteiger partial charge in [0.25, 0.3) is 0 Å². The number of hydrogen-bond acceptors (Lipinski definition) is 5. The molecule has 0 atom stereocenters. The maximum absolute atomic E-state index is 8.48. The number of nitrogen functional groups attached to an aromatic ring is 1. The van der Waals surface area contributed by atoms with E-state index in [1.807, 2.05) is 0 Å². The van der Waals surface area contributed by atoms with Crippen LogP contribution in [0.3, 0.4) is 0 Å². The van der Waals surface area contributed by atoms with Crippen molar-refractivity contribution in [1.29, 1.82) is 0 Å². The molecule has 0 aliphatic rings. The molecule has 1 rings (SSSR count). The third-order valence-electron chi connectivity index (χ3n) is 1.82. The van der Waals surface area contributed by atoms with Crippen molar-refractivity contribution in [3.63, 3.8) is 0 Å². The maximum atomic E-state index is 8.48. The van der Waals surface area contributed by atoms with Gasteiger partial charge in [0.2, 0.25) is 0 Å². The molecule has 0 saturated heterocycles. The van der Waals surface area contributed by atoms with E-state index in [1.165, 1.54) is 0 Å². The summed E-state index contributed by atoms with van der Waals surface area (Å²) >= 11 is 5.75. The van der Waals surface area contributed by atoms with Gasteiger partial charge in [-0.3, -0.25) is 0 Å². The van der Waals surface area contributed by atoms with Crippen molar-refractivity contribution in [2.24, 2.45) is 0 Å². The molecule has 5 nitrogen and oxygen atoms in total. The molecule has 0 aliphatic carbocycles. The number of halogens is 1. The number of rotatable bonds is 7. The number of ether oxygens (including phenoxy) is 1. The molecular weight excluding hydrogens is 230 g/mol. The highest BCUT2D eigenvalue weighted by Crippen LogP contribution is 2.15. The Balaban J connectivity index is 2.21.